The lowest BCUT2D eigenvalue weighted by Crippen LogP contribution is -2.54. The molecular weight excluding hydrogens is 208 g/mol. The number of hydrogen-bond acceptors (Lipinski definition) is 3. The number of carbonyl (C=O) groups excluding carboxylic acids is 2. The van der Waals surface area contributed by atoms with Crippen molar-refractivity contribution in [2.75, 3.05) is 0 Å². The second kappa shape index (κ2) is 4.34. The normalized spacial score (nSPS) is 24.9. The van der Waals surface area contributed by atoms with Gasteiger partial charge in [0.1, 0.15) is 6.33 Å². The van der Waals surface area contributed by atoms with Gasteiger partial charge in [-0.15, -0.1) is 0 Å². The lowest BCUT2D eigenvalue weighted by atomic mass is 10.00. The highest BCUT2D eigenvalue weighted by Gasteiger charge is 2.26. The number of carbonyl (C=O) groups is 2. The van der Waals surface area contributed by atoms with E-state index >= 15 is 0 Å². The molecule has 86 valence electrons. The molecule has 2 unspecified atom stereocenters. The van der Waals surface area contributed by atoms with Crippen molar-refractivity contribution in [1.82, 2.24) is 20.2 Å². The van der Waals surface area contributed by atoms with Crippen molar-refractivity contribution < 1.29 is 9.59 Å². The van der Waals surface area contributed by atoms with Gasteiger partial charge in [0.2, 0.25) is 5.91 Å². The van der Waals surface area contributed by atoms with Crippen LogP contribution in [0.5, 0.6) is 0 Å². The van der Waals surface area contributed by atoms with Crippen LogP contribution >= 0.6 is 0 Å². The molecule has 0 aromatic carbocycles. The molecule has 16 heavy (non-hydrogen) atoms. The minimum Gasteiger partial charge on any atom is -0.352 e. The smallest absolute Gasteiger partial charge is 0.327 e. The van der Waals surface area contributed by atoms with Crippen LogP contribution in [0, 0.1) is 0 Å². The van der Waals surface area contributed by atoms with Crippen LogP contribution in [0.4, 0.5) is 4.79 Å². The standard InChI is InChI=1S/C10H14N4O2/c1-7-8(2-3-9(15)12-7)13-10(16)14-5-4-11-6-14/h4-8H,2-3H2,1H3,(H,12,15)(H,13,16). The summed E-state index contributed by atoms with van der Waals surface area (Å²) in [5.74, 6) is 0.0422. The van der Waals surface area contributed by atoms with Crippen LogP contribution < -0.4 is 10.6 Å². The predicted octanol–water partition coefficient (Wildman–Crippen LogP) is 0.108. The molecule has 0 aliphatic carbocycles. The van der Waals surface area contributed by atoms with E-state index in [0.717, 1.165) is 0 Å². The summed E-state index contributed by atoms with van der Waals surface area (Å²) < 4.78 is 1.38. The highest BCUT2D eigenvalue weighted by molar-refractivity contribution is 5.79. The Morgan fingerprint density at radius 2 is 2.50 bits per heavy atom. The second-order valence-electron chi connectivity index (χ2n) is 3.92. The number of nitrogens with zero attached hydrogens (tertiary/aromatic N) is 2. The zero-order valence-corrected chi connectivity index (χ0v) is 9.01. The summed E-state index contributed by atoms with van der Waals surface area (Å²) in [6.45, 7) is 1.88. The van der Waals surface area contributed by atoms with Crippen LogP contribution in [0.3, 0.4) is 0 Å². The number of hydrogen-bond donors (Lipinski definition) is 2. The molecule has 0 bridgehead atoms. The summed E-state index contributed by atoms with van der Waals surface area (Å²) in [6.07, 6.45) is 5.71. The lowest BCUT2D eigenvalue weighted by Gasteiger charge is -2.30. The quantitative estimate of drug-likeness (QED) is 0.708. The first-order valence-corrected chi connectivity index (χ1v) is 5.25. The molecule has 0 saturated carbocycles. The van der Waals surface area contributed by atoms with E-state index in [1.165, 1.54) is 10.9 Å². The highest BCUT2D eigenvalue weighted by atomic mass is 16.2. The van der Waals surface area contributed by atoms with E-state index in [1.807, 2.05) is 6.92 Å². The number of aromatic nitrogens is 2. The van der Waals surface area contributed by atoms with E-state index in [0.29, 0.717) is 12.8 Å². The number of imidazole rings is 1. The zero-order chi connectivity index (χ0) is 11.5. The van der Waals surface area contributed by atoms with Crippen LogP contribution in [0.2, 0.25) is 0 Å². The van der Waals surface area contributed by atoms with Gasteiger partial charge in [-0.05, 0) is 13.3 Å². The summed E-state index contributed by atoms with van der Waals surface area (Å²) >= 11 is 0. The zero-order valence-electron chi connectivity index (χ0n) is 9.01. The van der Waals surface area contributed by atoms with Gasteiger partial charge < -0.3 is 10.6 Å². The Bertz CT molecular complexity index is 388. The van der Waals surface area contributed by atoms with Gasteiger partial charge in [-0.2, -0.15) is 0 Å². The van der Waals surface area contributed by atoms with Gasteiger partial charge in [-0.25, -0.2) is 9.78 Å². The van der Waals surface area contributed by atoms with E-state index in [4.69, 9.17) is 0 Å². The number of piperidine rings is 1. The first-order chi connectivity index (χ1) is 7.66. The third-order valence-corrected chi connectivity index (χ3v) is 2.72. The summed E-state index contributed by atoms with van der Waals surface area (Å²) in [6, 6.07) is -0.271. The third kappa shape index (κ3) is 2.21. The fraction of sp³-hybridized carbons (Fsp3) is 0.500. The van der Waals surface area contributed by atoms with Crippen molar-refractivity contribution in [3.8, 4) is 0 Å². The van der Waals surface area contributed by atoms with E-state index in [1.54, 1.807) is 12.4 Å². The Morgan fingerprint density at radius 1 is 1.69 bits per heavy atom. The van der Waals surface area contributed by atoms with Crippen molar-refractivity contribution in [1.29, 1.82) is 0 Å². The van der Waals surface area contributed by atoms with E-state index in [-0.39, 0.29) is 24.0 Å². The van der Waals surface area contributed by atoms with Gasteiger partial charge in [-0.3, -0.25) is 9.36 Å². The minimum absolute atomic E-state index is 0.0207. The fourth-order valence-electron chi connectivity index (χ4n) is 1.77. The number of rotatable bonds is 1. The van der Waals surface area contributed by atoms with Gasteiger partial charge in [0.05, 0.1) is 6.04 Å². The van der Waals surface area contributed by atoms with Crippen LogP contribution in [-0.4, -0.2) is 33.6 Å². The average Bonchev–Trinajstić information content (AvgIpc) is 2.75. The molecule has 2 amide bonds. The molecule has 2 N–H and O–H groups in total. The first kappa shape index (κ1) is 10.7. The molecule has 2 atom stereocenters. The Balaban J connectivity index is 1.95. The Hall–Kier alpha value is -1.85. The monoisotopic (exact) mass is 222 g/mol. The molecular formula is C10H14N4O2. The molecule has 1 saturated heterocycles. The predicted molar refractivity (Wildman–Crippen MR) is 56.8 cm³/mol. The summed E-state index contributed by atoms with van der Waals surface area (Å²) in [5, 5.41) is 5.66. The van der Waals surface area contributed by atoms with Gasteiger partial charge in [0, 0.05) is 24.9 Å². The minimum atomic E-state index is -0.217. The molecule has 0 spiro atoms. The van der Waals surface area contributed by atoms with Crippen LogP contribution in [-0.2, 0) is 4.79 Å². The summed E-state index contributed by atoms with van der Waals surface area (Å²) in [7, 11) is 0. The summed E-state index contributed by atoms with van der Waals surface area (Å²) in [4.78, 5) is 26.6. The van der Waals surface area contributed by atoms with Crippen molar-refractivity contribution in [2.45, 2.75) is 31.8 Å². The molecule has 1 aliphatic heterocycles. The first-order valence-electron chi connectivity index (χ1n) is 5.25. The van der Waals surface area contributed by atoms with E-state index in [9.17, 15) is 9.59 Å². The van der Waals surface area contributed by atoms with Crippen LogP contribution in [0.15, 0.2) is 18.7 Å². The van der Waals surface area contributed by atoms with Crippen LogP contribution in [0.25, 0.3) is 0 Å². The fourth-order valence-corrected chi connectivity index (χ4v) is 1.77. The maximum atomic E-state index is 11.7. The number of amides is 2. The molecule has 1 fully saturated rings. The lowest BCUT2D eigenvalue weighted by molar-refractivity contribution is -0.123. The SMILES string of the molecule is CC1NC(=O)CCC1NC(=O)n1ccnc1. The van der Waals surface area contributed by atoms with Crippen LogP contribution in [0.1, 0.15) is 19.8 Å². The molecule has 0 radical (unpaired) electrons. The molecule has 6 heteroatoms. The van der Waals surface area contributed by atoms with Crippen molar-refractivity contribution >= 4 is 11.9 Å². The molecule has 2 heterocycles. The topological polar surface area (TPSA) is 76.0 Å². The molecule has 6 nitrogen and oxygen atoms in total. The van der Waals surface area contributed by atoms with Gasteiger partial charge in [-0.1, -0.05) is 0 Å². The average molecular weight is 222 g/mol. The molecule has 1 aliphatic rings. The van der Waals surface area contributed by atoms with Crippen molar-refractivity contribution in [2.24, 2.45) is 0 Å². The maximum absolute atomic E-state index is 11.7. The molecule has 1 aromatic heterocycles. The Labute approximate surface area is 93.0 Å². The molecule has 1 aromatic rings. The van der Waals surface area contributed by atoms with Gasteiger partial charge in [0.25, 0.3) is 0 Å². The molecule has 2 rings (SSSR count). The van der Waals surface area contributed by atoms with Gasteiger partial charge in [0.15, 0.2) is 0 Å². The summed E-state index contributed by atoms with van der Waals surface area (Å²) in [5.41, 5.74) is 0. The number of nitrogens with one attached hydrogen (secondary N) is 2. The van der Waals surface area contributed by atoms with Crippen molar-refractivity contribution in [3.63, 3.8) is 0 Å². The highest BCUT2D eigenvalue weighted by Crippen LogP contribution is 2.09. The van der Waals surface area contributed by atoms with E-state index < -0.39 is 0 Å². The second-order valence-corrected chi connectivity index (χ2v) is 3.92. The maximum Gasteiger partial charge on any atom is 0.327 e. The van der Waals surface area contributed by atoms with Gasteiger partial charge >= 0.3 is 6.03 Å². The Kier molecular flexibility index (Phi) is 2.89. The largest absolute Gasteiger partial charge is 0.352 e. The van der Waals surface area contributed by atoms with E-state index in [2.05, 4.69) is 15.6 Å². The third-order valence-electron chi connectivity index (χ3n) is 2.72. The Morgan fingerprint density at radius 3 is 3.12 bits per heavy atom. The van der Waals surface area contributed by atoms with Crippen molar-refractivity contribution in [3.05, 3.63) is 18.7 Å².